The average molecular weight is 284 g/mol. The van der Waals surface area contributed by atoms with Crippen LogP contribution in [0.2, 0.25) is 0 Å². The van der Waals surface area contributed by atoms with Gasteiger partial charge in [-0.25, -0.2) is 0 Å². The Hall–Kier alpha value is -1.56. The van der Waals surface area contributed by atoms with Gasteiger partial charge in [-0.2, -0.15) is 0 Å². The number of nitrogen functional groups attached to an aromatic ring is 1. The minimum absolute atomic E-state index is 0.0967. The molecule has 0 aliphatic carbocycles. The van der Waals surface area contributed by atoms with E-state index in [9.17, 15) is 9.00 Å². The fraction of sp³-hybridized carbons (Fsp3) is 0.462. The summed E-state index contributed by atoms with van der Waals surface area (Å²) in [7, 11) is -0.967. The Morgan fingerprint density at radius 1 is 1.53 bits per heavy atom. The van der Waals surface area contributed by atoms with Gasteiger partial charge in [0.25, 0.3) is 5.91 Å². The van der Waals surface area contributed by atoms with Crippen molar-refractivity contribution < 1.29 is 13.7 Å². The van der Waals surface area contributed by atoms with Crippen LogP contribution in [0.3, 0.4) is 0 Å². The van der Waals surface area contributed by atoms with Gasteiger partial charge >= 0.3 is 0 Å². The van der Waals surface area contributed by atoms with E-state index in [1.165, 1.54) is 0 Å². The van der Waals surface area contributed by atoms with Crippen LogP contribution in [0.5, 0.6) is 5.75 Å². The van der Waals surface area contributed by atoms with Crippen LogP contribution in [0.4, 0.5) is 5.69 Å². The SMILES string of the molecule is CCOc1c(N)cccc1C(=O)NCC(C)S(C)=O. The molecule has 1 amide bonds. The van der Waals surface area contributed by atoms with Gasteiger partial charge in [-0.3, -0.25) is 9.00 Å². The molecule has 5 nitrogen and oxygen atoms in total. The van der Waals surface area contributed by atoms with Gasteiger partial charge < -0.3 is 15.8 Å². The summed E-state index contributed by atoms with van der Waals surface area (Å²) < 4.78 is 16.6. The van der Waals surface area contributed by atoms with Crippen molar-refractivity contribution in [1.29, 1.82) is 0 Å². The molecule has 6 heteroatoms. The Labute approximate surface area is 116 Å². The highest BCUT2D eigenvalue weighted by molar-refractivity contribution is 7.84. The van der Waals surface area contributed by atoms with Gasteiger partial charge in [0.15, 0.2) is 5.75 Å². The zero-order chi connectivity index (χ0) is 14.4. The van der Waals surface area contributed by atoms with Crippen LogP contribution in [-0.4, -0.2) is 34.8 Å². The number of benzene rings is 1. The lowest BCUT2D eigenvalue weighted by atomic mass is 10.1. The first kappa shape index (κ1) is 15.5. The number of nitrogens with two attached hydrogens (primary N) is 1. The van der Waals surface area contributed by atoms with Crippen molar-refractivity contribution in [2.24, 2.45) is 0 Å². The van der Waals surface area contributed by atoms with Gasteiger partial charge in [0.2, 0.25) is 0 Å². The van der Waals surface area contributed by atoms with Gasteiger partial charge in [0.05, 0.1) is 17.9 Å². The second-order valence-electron chi connectivity index (χ2n) is 4.18. The molecule has 0 spiro atoms. The topological polar surface area (TPSA) is 81.4 Å². The number of amides is 1. The summed E-state index contributed by atoms with van der Waals surface area (Å²) in [5, 5.41) is 2.64. The lowest BCUT2D eigenvalue weighted by Crippen LogP contribution is -2.32. The third-order valence-electron chi connectivity index (χ3n) is 2.70. The fourth-order valence-corrected chi connectivity index (χ4v) is 1.81. The van der Waals surface area contributed by atoms with Gasteiger partial charge in [-0.1, -0.05) is 6.07 Å². The fourth-order valence-electron chi connectivity index (χ4n) is 1.49. The van der Waals surface area contributed by atoms with E-state index < -0.39 is 10.8 Å². The number of anilines is 1. The van der Waals surface area contributed by atoms with Crippen LogP contribution in [0.15, 0.2) is 18.2 Å². The van der Waals surface area contributed by atoms with Crippen molar-refractivity contribution in [2.75, 3.05) is 25.1 Å². The summed E-state index contributed by atoms with van der Waals surface area (Å²) in [6.45, 7) is 4.43. The molecule has 0 bridgehead atoms. The minimum Gasteiger partial charge on any atom is -0.491 e. The van der Waals surface area contributed by atoms with Crippen LogP contribution < -0.4 is 15.8 Å². The standard InChI is InChI=1S/C13H20N2O3S/c1-4-18-12-10(6-5-7-11(12)14)13(16)15-8-9(2)19(3)17/h5-7,9H,4,8,14H2,1-3H3,(H,15,16). The first-order valence-corrected chi connectivity index (χ1v) is 7.71. The third-order valence-corrected chi connectivity index (χ3v) is 4.00. The molecule has 1 rings (SSSR count). The zero-order valence-corrected chi connectivity index (χ0v) is 12.3. The number of para-hydroxylation sites is 1. The van der Waals surface area contributed by atoms with Gasteiger partial charge in [0, 0.05) is 28.9 Å². The quantitative estimate of drug-likeness (QED) is 0.768. The smallest absolute Gasteiger partial charge is 0.255 e. The molecule has 2 atom stereocenters. The Morgan fingerprint density at radius 2 is 2.21 bits per heavy atom. The molecule has 0 aromatic heterocycles. The van der Waals surface area contributed by atoms with Crippen molar-refractivity contribution >= 4 is 22.4 Å². The highest BCUT2D eigenvalue weighted by Gasteiger charge is 2.16. The molecule has 19 heavy (non-hydrogen) atoms. The molecule has 106 valence electrons. The summed E-state index contributed by atoms with van der Waals surface area (Å²) in [6.07, 6.45) is 1.61. The van der Waals surface area contributed by atoms with Gasteiger partial charge in [-0.15, -0.1) is 0 Å². The number of rotatable bonds is 6. The normalized spacial score (nSPS) is 13.6. The van der Waals surface area contributed by atoms with Gasteiger partial charge in [0.1, 0.15) is 0 Å². The molecule has 0 aliphatic rings. The number of nitrogens with one attached hydrogen (secondary N) is 1. The number of ether oxygens (including phenoxy) is 1. The number of hydrogen-bond acceptors (Lipinski definition) is 4. The third kappa shape index (κ3) is 4.24. The first-order valence-electron chi connectivity index (χ1n) is 6.09. The predicted molar refractivity (Wildman–Crippen MR) is 77.9 cm³/mol. The van der Waals surface area contributed by atoms with E-state index in [4.69, 9.17) is 10.5 Å². The van der Waals surface area contributed by atoms with Crippen LogP contribution >= 0.6 is 0 Å². The van der Waals surface area contributed by atoms with E-state index in [0.29, 0.717) is 30.2 Å². The van der Waals surface area contributed by atoms with E-state index in [-0.39, 0.29) is 11.2 Å². The number of carbonyl (C=O) groups is 1. The monoisotopic (exact) mass is 284 g/mol. The summed E-state index contributed by atoms with van der Waals surface area (Å²) >= 11 is 0. The van der Waals surface area contributed by atoms with Crippen molar-refractivity contribution in [2.45, 2.75) is 19.1 Å². The van der Waals surface area contributed by atoms with E-state index in [0.717, 1.165) is 0 Å². The first-order chi connectivity index (χ1) is 8.97. The molecule has 2 unspecified atom stereocenters. The minimum atomic E-state index is -0.967. The van der Waals surface area contributed by atoms with E-state index in [1.807, 2.05) is 13.8 Å². The molecule has 0 fully saturated rings. The maximum Gasteiger partial charge on any atom is 0.255 e. The van der Waals surface area contributed by atoms with E-state index in [2.05, 4.69) is 5.32 Å². The largest absolute Gasteiger partial charge is 0.491 e. The maximum atomic E-state index is 12.1. The van der Waals surface area contributed by atoms with Crippen LogP contribution in [0.1, 0.15) is 24.2 Å². The summed E-state index contributed by atoms with van der Waals surface area (Å²) in [4.78, 5) is 12.1. The van der Waals surface area contributed by atoms with Crippen LogP contribution in [0, 0.1) is 0 Å². The van der Waals surface area contributed by atoms with Crippen molar-refractivity contribution in [3.63, 3.8) is 0 Å². The molecular weight excluding hydrogens is 264 g/mol. The molecule has 0 aliphatic heterocycles. The summed E-state index contributed by atoms with van der Waals surface area (Å²) in [5.74, 6) is 0.126. The molecule has 1 aromatic rings. The van der Waals surface area contributed by atoms with E-state index in [1.54, 1.807) is 24.5 Å². The lowest BCUT2D eigenvalue weighted by molar-refractivity contribution is 0.0950. The molecule has 0 saturated heterocycles. The molecule has 0 saturated carbocycles. The molecule has 3 N–H and O–H groups in total. The van der Waals surface area contributed by atoms with Crippen LogP contribution in [-0.2, 0) is 10.8 Å². The Balaban J connectivity index is 2.82. The highest BCUT2D eigenvalue weighted by atomic mass is 32.2. The Bertz CT molecular complexity index is 477. The van der Waals surface area contributed by atoms with Crippen molar-refractivity contribution in [3.05, 3.63) is 23.8 Å². The summed E-state index contributed by atoms with van der Waals surface area (Å²) in [5.41, 5.74) is 6.63. The average Bonchev–Trinajstić information content (AvgIpc) is 2.37. The maximum absolute atomic E-state index is 12.1. The molecule has 0 radical (unpaired) electrons. The van der Waals surface area contributed by atoms with Gasteiger partial charge in [-0.05, 0) is 26.0 Å². The molecule has 0 heterocycles. The number of hydrogen-bond donors (Lipinski definition) is 2. The summed E-state index contributed by atoms with van der Waals surface area (Å²) in [6, 6.07) is 5.05. The second-order valence-corrected chi connectivity index (χ2v) is 5.98. The second kappa shape index (κ2) is 7.13. The molecular formula is C13H20N2O3S. The van der Waals surface area contributed by atoms with Crippen molar-refractivity contribution in [1.82, 2.24) is 5.32 Å². The number of carbonyl (C=O) groups excluding carboxylic acids is 1. The Kier molecular flexibility index (Phi) is 5.82. The Morgan fingerprint density at radius 3 is 2.79 bits per heavy atom. The zero-order valence-electron chi connectivity index (χ0n) is 11.4. The van der Waals surface area contributed by atoms with Crippen molar-refractivity contribution in [3.8, 4) is 5.75 Å². The highest BCUT2D eigenvalue weighted by Crippen LogP contribution is 2.26. The molecule has 1 aromatic carbocycles. The van der Waals surface area contributed by atoms with E-state index >= 15 is 0 Å². The lowest BCUT2D eigenvalue weighted by Gasteiger charge is -2.14. The van der Waals surface area contributed by atoms with Crippen LogP contribution in [0.25, 0.3) is 0 Å². The predicted octanol–water partition coefficient (Wildman–Crippen LogP) is 1.16.